The van der Waals surface area contributed by atoms with Gasteiger partial charge in [0.1, 0.15) is 23.5 Å². The van der Waals surface area contributed by atoms with Gasteiger partial charge in [0.2, 0.25) is 0 Å². The van der Waals surface area contributed by atoms with E-state index in [4.69, 9.17) is 14.2 Å². The minimum Gasteiger partial charge on any atom is -0.497 e. The number of aromatic nitrogens is 2. The summed E-state index contributed by atoms with van der Waals surface area (Å²) in [6.45, 7) is 0. The average Bonchev–Trinajstić information content (AvgIpc) is 3.49. The van der Waals surface area contributed by atoms with Crippen molar-refractivity contribution in [2.75, 3.05) is 25.3 Å². The molecule has 1 aliphatic rings. The minimum atomic E-state index is -0.822. The molecule has 1 aliphatic heterocycles. The molecule has 6 rings (SSSR count). The highest BCUT2D eigenvalue weighted by molar-refractivity contribution is 8.00. The first-order valence-corrected chi connectivity index (χ1v) is 16.2. The van der Waals surface area contributed by atoms with E-state index in [0.29, 0.717) is 11.3 Å². The van der Waals surface area contributed by atoms with E-state index in [1.54, 1.807) is 56.3 Å². The topological polar surface area (TPSA) is 112 Å². The van der Waals surface area contributed by atoms with E-state index in [-0.39, 0.29) is 18.1 Å². The summed E-state index contributed by atoms with van der Waals surface area (Å²) in [5.74, 6) is 1.68. The molecule has 0 radical (unpaired) electrons. The molecule has 3 atom stereocenters. The molecule has 1 amide bonds. The highest BCUT2D eigenvalue weighted by atomic mass is 32.2. The Labute approximate surface area is 277 Å². The van der Waals surface area contributed by atoms with E-state index < -0.39 is 28.9 Å². The third kappa shape index (κ3) is 6.80. The van der Waals surface area contributed by atoms with Gasteiger partial charge >= 0.3 is 5.69 Å². The summed E-state index contributed by atoms with van der Waals surface area (Å²) in [6, 6.07) is 36.5. The Hall–Kier alpha value is -4.90. The number of aliphatic hydroxyl groups excluding tert-OH is 1. The van der Waals surface area contributed by atoms with Crippen molar-refractivity contribution in [2.45, 2.75) is 29.6 Å². The molecule has 0 bridgehead atoms. The first-order valence-electron chi connectivity index (χ1n) is 15.2. The van der Waals surface area contributed by atoms with Crippen LogP contribution in [0, 0.1) is 0 Å². The van der Waals surface area contributed by atoms with Crippen LogP contribution in [0.4, 0.5) is 5.82 Å². The number of benzene rings is 4. The molecular weight excluding hydrogens is 614 g/mol. The number of amides is 1. The number of nitrogens with one attached hydrogen (secondary N) is 1. The molecule has 47 heavy (non-hydrogen) atoms. The fourth-order valence-corrected chi connectivity index (χ4v) is 7.42. The number of ether oxygens (including phenoxy) is 3. The number of hydrogen-bond donors (Lipinski definition) is 2. The molecule has 4 aromatic carbocycles. The molecule has 5 aromatic rings. The molecule has 0 spiro atoms. The van der Waals surface area contributed by atoms with Crippen molar-refractivity contribution < 1.29 is 24.1 Å². The Kier molecular flexibility index (Phi) is 9.72. The third-order valence-corrected chi connectivity index (χ3v) is 9.89. The van der Waals surface area contributed by atoms with Crippen LogP contribution < -0.4 is 20.5 Å². The highest BCUT2D eigenvalue weighted by Gasteiger charge is 2.41. The number of rotatable bonds is 11. The maximum Gasteiger partial charge on any atom is 0.351 e. The van der Waals surface area contributed by atoms with Gasteiger partial charge in [0.25, 0.3) is 5.91 Å². The Balaban J connectivity index is 1.26. The van der Waals surface area contributed by atoms with Crippen LogP contribution in [0.5, 0.6) is 11.5 Å². The molecule has 0 unspecified atom stereocenters. The van der Waals surface area contributed by atoms with Crippen molar-refractivity contribution in [3.8, 4) is 11.5 Å². The normalized spacial score (nSPS) is 17.6. The molecule has 0 saturated carbocycles. The summed E-state index contributed by atoms with van der Waals surface area (Å²) in [4.78, 5) is 29.6. The average molecular weight is 650 g/mol. The molecule has 1 saturated heterocycles. The first-order chi connectivity index (χ1) is 22.9. The number of carbonyl (C=O) groups is 1. The predicted octanol–water partition coefficient (Wildman–Crippen LogP) is 5.89. The van der Waals surface area contributed by atoms with Crippen LogP contribution >= 0.6 is 11.8 Å². The van der Waals surface area contributed by atoms with Gasteiger partial charge in [-0.1, -0.05) is 72.8 Å². The standard InChI is InChI=1S/C37H35N3O6S/c1-44-29-17-13-27(14-18-29)37(26-11-7-4-8-12-26,28-15-19-30(45-2)20-16-28)47-24-32-31(41)23-34(46-32)40-22-21-33(39-36(40)43)38-35(42)25-9-5-3-6-10-25/h3-22,31-32,34,41H,23-24H2,1-2H3,(H,38,39,42,43)/t31-,32+,34+/m0/s1. The lowest BCUT2D eigenvalue weighted by molar-refractivity contribution is -0.00754. The molecule has 0 aliphatic carbocycles. The van der Waals surface area contributed by atoms with E-state index in [9.17, 15) is 14.7 Å². The maximum absolute atomic E-state index is 13.0. The fraction of sp³-hybridized carbons (Fsp3) is 0.216. The first kappa shape index (κ1) is 32.1. The van der Waals surface area contributed by atoms with E-state index in [2.05, 4.69) is 46.7 Å². The lowest BCUT2D eigenvalue weighted by Gasteiger charge is -2.36. The molecule has 1 fully saturated rings. The zero-order chi connectivity index (χ0) is 32.8. The van der Waals surface area contributed by atoms with Gasteiger partial charge in [-0.2, -0.15) is 4.98 Å². The van der Waals surface area contributed by atoms with Crippen molar-refractivity contribution in [2.24, 2.45) is 0 Å². The van der Waals surface area contributed by atoms with Crippen molar-refractivity contribution in [1.82, 2.24) is 9.55 Å². The van der Waals surface area contributed by atoms with Crippen LogP contribution in [0.3, 0.4) is 0 Å². The van der Waals surface area contributed by atoms with Gasteiger partial charge < -0.3 is 24.6 Å². The van der Waals surface area contributed by atoms with Crippen LogP contribution in [0.25, 0.3) is 0 Å². The van der Waals surface area contributed by atoms with Gasteiger partial charge in [-0.05, 0) is 59.2 Å². The van der Waals surface area contributed by atoms with E-state index in [1.165, 1.54) is 10.8 Å². The number of carbonyl (C=O) groups excluding carboxylic acids is 1. The second-order valence-corrected chi connectivity index (χ2v) is 12.3. The zero-order valence-electron chi connectivity index (χ0n) is 26.0. The number of methoxy groups -OCH3 is 2. The number of hydrogen-bond acceptors (Lipinski definition) is 8. The van der Waals surface area contributed by atoms with E-state index in [0.717, 1.165) is 28.2 Å². The number of thioether (sulfide) groups is 1. The van der Waals surface area contributed by atoms with Gasteiger partial charge in [-0.15, -0.1) is 11.8 Å². The van der Waals surface area contributed by atoms with Crippen molar-refractivity contribution in [1.29, 1.82) is 0 Å². The smallest absolute Gasteiger partial charge is 0.351 e. The Morgan fingerprint density at radius 3 is 1.98 bits per heavy atom. The molecular formula is C37H35N3O6S. The number of anilines is 1. The van der Waals surface area contributed by atoms with Gasteiger partial charge in [0.05, 0.1) is 31.2 Å². The Bertz CT molecular complexity index is 1800. The predicted molar refractivity (Wildman–Crippen MR) is 182 cm³/mol. The molecule has 2 heterocycles. The Morgan fingerprint density at radius 2 is 1.43 bits per heavy atom. The second kappa shape index (κ2) is 14.3. The molecule has 240 valence electrons. The van der Waals surface area contributed by atoms with Crippen molar-refractivity contribution >= 4 is 23.5 Å². The van der Waals surface area contributed by atoms with Crippen LogP contribution in [-0.4, -0.2) is 52.7 Å². The Morgan fingerprint density at radius 1 is 0.872 bits per heavy atom. The zero-order valence-corrected chi connectivity index (χ0v) is 26.8. The van der Waals surface area contributed by atoms with Gasteiger partial charge in [-0.25, -0.2) is 4.79 Å². The van der Waals surface area contributed by atoms with Crippen molar-refractivity contribution in [3.63, 3.8) is 0 Å². The summed E-state index contributed by atoms with van der Waals surface area (Å²) >= 11 is 1.65. The van der Waals surface area contributed by atoms with Crippen LogP contribution in [0.15, 0.2) is 126 Å². The molecule has 9 nitrogen and oxygen atoms in total. The second-order valence-electron chi connectivity index (χ2n) is 11.1. The monoisotopic (exact) mass is 649 g/mol. The summed E-state index contributed by atoms with van der Waals surface area (Å²) in [6.07, 6.45) is -0.369. The quantitative estimate of drug-likeness (QED) is 0.171. The molecule has 10 heteroatoms. The molecule has 2 N–H and O–H groups in total. The van der Waals surface area contributed by atoms with E-state index in [1.807, 2.05) is 48.5 Å². The van der Waals surface area contributed by atoms with Crippen LogP contribution in [0.2, 0.25) is 0 Å². The SMILES string of the molecule is COc1ccc(C(SC[C@H]2O[C@@H](n3ccc(NC(=O)c4ccccc4)nc3=O)C[C@@H]2O)(c2ccccc2)c2ccc(OC)cc2)cc1. The van der Waals surface area contributed by atoms with E-state index >= 15 is 0 Å². The summed E-state index contributed by atoms with van der Waals surface area (Å²) in [5.41, 5.74) is 2.97. The van der Waals surface area contributed by atoms with Crippen LogP contribution in [0.1, 0.15) is 39.7 Å². The summed E-state index contributed by atoms with van der Waals surface area (Å²) in [7, 11) is 3.28. The van der Waals surface area contributed by atoms with Gasteiger partial charge in [0, 0.05) is 23.9 Å². The molecule has 1 aromatic heterocycles. The maximum atomic E-state index is 13.0. The fourth-order valence-electron chi connectivity index (χ4n) is 5.80. The largest absolute Gasteiger partial charge is 0.497 e. The van der Waals surface area contributed by atoms with Gasteiger partial charge in [0.15, 0.2) is 0 Å². The minimum absolute atomic E-state index is 0.136. The van der Waals surface area contributed by atoms with Crippen molar-refractivity contribution in [3.05, 3.63) is 154 Å². The lowest BCUT2D eigenvalue weighted by Crippen LogP contribution is -2.31. The van der Waals surface area contributed by atoms with Crippen LogP contribution in [-0.2, 0) is 9.48 Å². The summed E-state index contributed by atoms with van der Waals surface area (Å²) in [5, 5.41) is 13.9. The highest BCUT2D eigenvalue weighted by Crippen LogP contribution is 2.50. The third-order valence-electron chi connectivity index (χ3n) is 8.26. The van der Waals surface area contributed by atoms with Gasteiger partial charge in [-0.3, -0.25) is 9.36 Å². The number of nitrogens with zero attached hydrogens (tertiary/aromatic N) is 2. The lowest BCUT2D eigenvalue weighted by atomic mass is 9.84. The summed E-state index contributed by atoms with van der Waals surface area (Å²) < 4.78 is 17.9. The number of aliphatic hydroxyl groups is 1.